The maximum Gasteiger partial charge on any atom is 0.340 e. The van der Waals surface area contributed by atoms with Gasteiger partial charge >= 0.3 is 5.97 Å². The molecule has 33 heavy (non-hydrogen) atoms. The van der Waals surface area contributed by atoms with Crippen molar-refractivity contribution in [2.45, 2.75) is 67.2 Å². The third-order valence-electron chi connectivity index (χ3n) is 5.84. The van der Waals surface area contributed by atoms with Crippen molar-refractivity contribution in [2.24, 2.45) is 0 Å². The lowest BCUT2D eigenvalue weighted by Crippen LogP contribution is -2.32. The molecule has 4 heterocycles. The number of fused-ring (bicyclic) bond motifs is 5. The molecule has 0 saturated heterocycles. The van der Waals surface area contributed by atoms with Crippen molar-refractivity contribution in [1.82, 2.24) is 9.55 Å². The van der Waals surface area contributed by atoms with Crippen LogP contribution < -0.4 is 5.56 Å². The summed E-state index contributed by atoms with van der Waals surface area (Å²) < 4.78 is 34.6. The Morgan fingerprint density at radius 1 is 1.15 bits per heavy atom. The molecule has 6 nitrogen and oxygen atoms in total. The van der Waals surface area contributed by atoms with E-state index in [1.165, 1.54) is 11.5 Å². The molecule has 8 heteroatoms. The maximum absolute atomic E-state index is 14.2. The lowest BCUT2D eigenvalue weighted by molar-refractivity contribution is -0.157. The van der Waals surface area contributed by atoms with Crippen LogP contribution in [0.2, 0.25) is 0 Å². The Labute approximate surface area is 190 Å². The van der Waals surface area contributed by atoms with Crippen LogP contribution in [-0.2, 0) is 29.1 Å². The average molecular weight is 459 g/mol. The molecule has 1 unspecified atom stereocenters. The molecule has 0 amide bonds. The van der Waals surface area contributed by atoms with E-state index in [4.69, 9.17) is 4.74 Å². The van der Waals surface area contributed by atoms with Gasteiger partial charge in [0.15, 0.2) is 17.7 Å². The normalized spacial score (nSPS) is 15.4. The number of aliphatic hydroxyl groups excluding tert-OH is 1. The first-order valence-corrected chi connectivity index (χ1v) is 11.2. The monoisotopic (exact) mass is 458 g/mol. The van der Waals surface area contributed by atoms with Crippen LogP contribution in [0.15, 0.2) is 16.9 Å². The zero-order valence-electron chi connectivity index (χ0n) is 19.7. The zero-order chi connectivity index (χ0) is 24.6. The van der Waals surface area contributed by atoms with Crippen molar-refractivity contribution in [3.05, 3.63) is 61.9 Å². The summed E-state index contributed by atoms with van der Waals surface area (Å²) in [6.07, 6.45) is -0.999. The molecule has 1 aromatic carbocycles. The summed E-state index contributed by atoms with van der Waals surface area (Å²) in [4.78, 5) is 29.3. The number of ether oxygens (including phenoxy) is 1. The minimum absolute atomic E-state index is 0.184. The summed E-state index contributed by atoms with van der Waals surface area (Å²) in [6.45, 7) is 11.4. The largest absolute Gasteiger partial charge is 0.458 e. The Morgan fingerprint density at radius 3 is 2.45 bits per heavy atom. The summed E-state index contributed by atoms with van der Waals surface area (Å²) in [5.41, 5.74) is 3.02. The Hall–Kier alpha value is -3.13. The van der Waals surface area contributed by atoms with Gasteiger partial charge < -0.3 is 14.4 Å². The molecule has 2 aromatic heterocycles. The van der Waals surface area contributed by atoms with Gasteiger partial charge in [-0.15, -0.1) is 0 Å². The van der Waals surface area contributed by atoms with E-state index in [0.717, 1.165) is 17.2 Å². The smallest absolute Gasteiger partial charge is 0.340 e. The van der Waals surface area contributed by atoms with Gasteiger partial charge in [0.1, 0.15) is 6.61 Å². The highest BCUT2D eigenvalue weighted by Gasteiger charge is 2.34. The maximum atomic E-state index is 14.2. The van der Waals surface area contributed by atoms with E-state index in [1.54, 1.807) is 6.07 Å². The van der Waals surface area contributed by atoms with Gasteiger partial charge in [-0.3, -0.25) is 4.79 Å². The number of carbonyl (C=O) groups excluding carboxylic acids is 1. The number of aromatic nitrogens is 2. The fourth-order valence-electron chi connectivity index (χ4n) is 4.42. The SMILES string of the molecule is CC.CC.CCc1c2c(nc3cc(F)c(F)c(C)c13)-c1cc3c(c(=O)n1C2)COC(=O)C3O. The van der Waals surface area contributed by atoms with Gasteiger partial charge in [-0.25, -0.2) is 18.6 Å². The second-order valence-corrected chi connectivity index (χ2v) is 7.33. The van der Waals surface area contributed by atoms with Gasteiger partial charge in [0.05, 0.1) is 29.0 Å². The van der Waals surface area contributed by atoms with Crippen molar-refractivity contribution < 1.29 is 23.4 Å². The first-order valence-electron chi connectivity index (χ1n) is 11.2. The van der Waals surface area contributed by atoms with Crippen LogP contribution in [0.4, 0.5) is 8.78 Å². The number of halogens is 2. The van der Waals surface area contributed by atoms with Crippen LogP contribution in [0.1, 0.15) is 68.5 Å². The van der Waals surface area contributed by atoms with Crippen LogP contribution in [0.5, 0.6) is 0 Å². The molecule has 5 rings (SSSR count). The number of hydrogen-bond donors (Lipinski definition) is 1. The number of pyridine rings is 2. The number of benzene rings is 1. The molecule has 0 bridgehead atoms. The van der Waals surface area contributed by atoms with E-state index in [9.17, 15) is 23.5 Å². The highest BCUT2D eigenvalue weighted by molar-refractivity contribution is 5.91. The van der Waals surface area contributed by atoms with Crippen molar-refractivity contribution in [1.29, 1.82) is 0 Å². The zero-order valence-corrected chi connectivity index (χ0v) is 19.7. The number of carbonyl (C=O) groups is 1. The van der Waals surface area contributed by atoms with Gasteiger partial charge in [0.2, 0.25) is 0 Å². The summed E-state index contributed by atoms with van der Waals surface area (Å²) in [5.74, 6) is -2.70. The Kier molecular flexibility index (Phi) is 6.97. The number of aliphatic hydroxyl groups is 1. The quantitative estimate of drug-likeness (QED) is 0.418. The standard InChI is InChI=1S/C21H16F2N2O4.2C2H6/c1-3-9-11-6-25-15(4-10-12(20(25)27)7-29-21(28)19(10)26)18(11)24-14-5-13(22)17(23)8(2)16(9)14;2*1-2/h4-5,19,26H,3,6-7H2,1-2H3;2*1-2H3. The molecule has 0 spiro atoms. The van der Waals surface area contributed by atoms with Crippen LogP contribution in [0, 0.1) is 18.6 Å². The fraction of sp³-hybridized carbons (Fsp3) is 0.400. The Morgan fingerprint density at radius 2 is 1.82 bits per heavy atom. The van der Waals surface area contributed by atoms with Gasteiger partial charge in [-0.2, -0.15) is 0 Å². The van der Waals surface area contributed by atoms with E-state index in [1.807, 2.05) is 34.6 Å². The molecule has 0 saturated carbocycles. The minimum Gasteiger partial charge on any atom is -0.458 e. The predicted octanol–water partition coefficient (Wildman–Crippen LogP) is 4.72. The Bertz CT molecular complexity index is 1310. The molecular formula is C25H28F2N2O4. The van der Waals surface area contributed by atoms with Crippen molar-refractivity contribution in [3.8, 4) is 11.4 Å². The van der Waals surface area contributed by atoms with E-state index >= 15 is 0 Å². The van der Waals surface area contributed by atoms with Crippen LogP contribution >= 0.6 is 0 Å². The predicted molar refractivity (Wildman–Crippen MR) is 122 cm³/mol. The lowest BCUT2D eigenvalue weighted by Gasteiger charge is -2.21. The Balaban J connectivity index is 0.000000728. The number of cyclic esters (lactones) is 1. The molecule has 0 fully saturated rings. The topological polar surface area (TPSA) is 81.4 Å². The summed E-state index contributed by atoms with van der Waals surface area (Å²) >= 11 is 0. The van der Waals surface area contributed by atoms with Crippen molar-refractivity contribution in [2.75, 3.05) is 0 Å². The van der Waals surface area contributed by atoms with Crippen molar-refractivity contribution >= 4 is 16.9 Å². The second kappa shape index (κ2) is 9.39. The van der Waals surface area contributed by atoms with Crippen LogP contribution in [-0.4, -0.2) is 20.6 Å². The first kappa shape index (κ1) is 24.5. The summed E-state index contributed by atoms with van der Waals surface area (Å²) in [7, 11) is 0. The molecule has 0 radical (unpaired) electrons. The third-order valence-corrected chi connectivity index (χ3v) is 5.84. The summed E-state index contributed by atoms with van der Waals surface area (Å²) in [5, 5.41) is 10.7. The van der Waals surface area contributed by atoms with Crippen molar-refractivity contribution in [3.63, 3.8) is 0 Å². The van der Waals surface area contributed by atoms with E-state index in [0.29, 0.717) is 28.7 Å². The van der Waals surface area contributed by atoms with Gasteiger partial charge in [-0.05, 0) is 30.5 Å². The number of aryl methyl sites for hydroxylation is 2. The van der Waals surface area contributed by atoms with Crippen LogP contribution in [0.3, 0.4) is 0 Å². The van der Waals surface area contributed by atoms with Gasteiger partial charge in [0.25, 0.3) is 5.56 Å². The number of rotatable bonds is 1. The second-order valence-electron chi connectivity index (χ2n) is 7.33. The highest BCUT2D eigenvalue weighted by atomic mass is 19.2. The number of hydrogen-bond acceptors (Lipinski definition) is 5. The highest BCUT2D eigenvalue weighted by Crippen LogP contribution is 2.39. The number of nitrogens with zero attached hydrogens (tertiary/aromatic N) is 2. The fourth-order valence-corrected chi connectivity index (χ4v) is 4.42. The number of esters is 1. The summed E-state index contributed by atoms with van der Waals surface area (Å²) in [6, 6.07) is 2.63. The van der Waals surface area contributed by atoms with E-state index in [-0.39, 0.29) is 35.4 Å². The molecule has 2 aliphatic heterocycles. The minimum atomic E-state index is -1.54. The van der Waals surface area contributed by atoms with Gasteiger partial charge in [0, 0.05) is 22.6 Å². The molecule has 3 aromatic rings. The van der Waals surface area contributed by atoms with Crippen LogP contribution in [0.25, 0.3) is 22.3 Å². The lowest BCUT2D eigenvalue weighted by atomic mass is 9.95. The molecular weight excluding hydrogens is 430 g/mol. The van der Waals surface area contributed by atoms with Gasteiger partial charge in [-0.1, -0.05) is 34.6 Å². The molecule has 1 atom stereocenters. The molecule has 176 valence electrons. The first-order chi connectivity index (χ1) is 15.8. The molecule has 2 aliphatic rings. The molecule has 1 N–H and O–H groups in total. The molecule has 0 aliphatic carbocycles. The third kappa shape index (κ3) is 3.62. The average Bonchev–Trinajstić information content (AvgIpc) is 3.20. The van der Waals surface area contributed by atoms with E-state index < -0.39 is 23.7 Å². The van der Waals surface area contributed by atoms with E-state index in [2.05, 4.69) is 4.98 Å².